The van der Waals surface area contributed by atoms with Crippen molar-refractivity contribution in [3.8, 4) is 0 Å². The molecule has 0 radical (unpaired) electrons. The van der Waals surface area contributed by atoms with Crippen LogP contribution in [0.15, 0.2) is 85.1 Å². The molecule has 1 fully saturated rings. The fourth-order valence-corrected chi connectivity index (χ4v) is 10.4. The van der Waals surface area contributed by atoms with E-state index in [1.165, 1.54) is 212 Å². The zero-order valence-corrected chi connectivity index (χ0v) is 51.8. The monoisotopic (exact) mass is 1120 g/mol. The third-order valence-electron chi connectivity index (χ3n) is 15.7. The Kier molecular flexibility index (Phi) is 56.1. The molecule has 9 nitrogen and oxygen atoms in total. The molecule has 1 saturated heterocycles. The van der Waals surface area contributed by atoms with Gasteiger partial charge in [-0.15, -0.1) is 0 Å². The van der Waals surface area contributed by atoms with E-state index < -0.39 is 49.5 Å². The third-order valence-corrected chi connectivity index (χ3v) is 15.7. The Labute approximate surface area is 492 Å². The fourth-order valence-electron chi connectivity index (χ4n) is 10.4. The van der Waals surface area contributed by atoms with Gasteiger partial charge >= 0.3 is 0 Å². The molecular formula is C71H127NO8. The summed E-state index contributed by atoms with van der Waals surface area (Å²) in [6.45, 7) is 3.68. The number of rotatable bonds is 58. The molecule has 0 aliphatic carbocycles. The molecule has 0 aromatic rings. The van der Waals surface area contributed by atoms with Crippen LogP contribution < -0.4 is 5.32 Å². The number of allylic oxidation sites excluding steroid dienone is 13. The number of ether oxygens (including phenoxy) is 2. The van der Waals surface area contributed by atoms with Gasteiger partial charge in [0, 0.05) is 6.42 Å². The lowest BCUT2D eigenvalue weighted by Crippen LogP contribution is -2.60. The van der Waals surface area contributed by atoms with Crippen LogP contribution in [0.2, 0.25) is 0 Å². The van der Waals surface area contributed by atoms with E-state index in [1.54, 1.807) is 6.08 Å². The van der Waals surface area contributed by atoms with Gasteiger partial charge in [0.2, 0.25) is 5.91 Å². The quantitative estimate of drug-likeness (QED) is 0.0261. The molecule has 7 unspecified atom stereocenters. The molecule has 0 aromatic heterocycles. The van der Waals surface area contributed by atoms with Crippen LogP contribution in [-0.2, 0) is 14.3 Å². The van der Waals surface area contributed by atoms with Crippen molar-refractivity contribution in [3.05, 3.63) is 85.1 Å². The van der Waals surface area contributed by atoms with Crippen molar-refractivity contribution in [3.63, 3.8) is 0 Å². The first-order valence-corrected chi connectivity index (χ1v) is 33.8. The topological polar surface area (TPSA) is 149 Å². The maximum absolute atomic E-state index is 13.1. The minimum atomic E-state index is -1.58. The second-order valence-corrected chi connectivity index (χ2v) is 23.2. The number of hydrogen-bond acceptors (Lipinski definition) is 8. The summed E-state index contributed by atoms with van der Waals surface area (Å²) in [5.41, 5.74) is 0. The molecule has 1 aliphatic rings. The summed E-state index contributed by atoms with van der Waals surface area (Å²) in [6, 6.07) is -0.834. The van der Waals surface area contributed by atoms with E-state index in [0.29, 0.717) is 6.42 Å². The Morgan fingerprint density at radius 2 is 0.787 bits per heavy atom. The minimum Gasteiger partial charge on any atom is -0.394 e. The van der Waals surface area contributed by atoms with Gasteiger partial charge in [-0.25, -0.2) is 0 Å². The fraction of sp³-hybridized carbons (Fsp3) is 0.789. The summed E-state index contributed by atoms with van der Waals surface area (Å²) in [4.78, 5) is 13.1. The van der Waals surface area contributed by atoms with Crippen molar-refractivity contribution in [1.29, 1.82) is 0 Å². The SMILES string of the molecule is CC/C=C\C/C=C\C/C=C\C/C=C\CCCCCCCCCCCCCCCCCCC(=O)NC(COC1OC(CO)C(O)C(O)C1O)C(O)/C=C/CC/C=C/CC/C=C/CCCCCCCCCCCCCCCCCCCC. The van der Waals surface area contributed by atoms with Crippen molar-refractivity contribution in [2.24, 2.45) is 0 Å². The second-order valence-electron chi connectivity index (χ2n) is 23.2. The first-order valence-electron chi connectivity index (χ1n) is 33.8. The van der Waals surface area contributed by atoms with Crippen molar-refractivity contribution in [2.45, 2.75) is 346 Å². The Morgan fingerprint density at radius 1 is 0.438 bits per heavy atom. The van der Waals surface area contributed by atoms with Crippen LogP contribution in [0.25, 0.3) is 0 Å². The number of carbonyl (C=O) groups excluding carboxylic acids is 1. The van der Waals surface area contributed by atoms with Gasteiger partial charge < -0.3 is 40.3 Å². The highest BCUT2D eigenvalue weighted by Gasteiger charge is 2.44. The molecule has 7 atom stereocenters. The highest BCUT2D eigenvalue weighted by molar-refractivity contribution is 5.76. The summed E-state index contributed by atoms with van der Waals surface area (Å²) in [5, 5.41) is 54.7. The molecule has 0 bridgehead atoms. The molecule has 1 aliphatic heterocycles. The summed E-state index contributed by atoms with van der Waals surface area (Å²) >= 11 is 0. The molecule has 1 heterocycles. The smallest absolute Gasteiger partial charge is 0.220 e. The van der Waals surface area contributed by atoms with Gasteiger partial charge in [0.05, 0.1) is 25.4 Å². The first kappa shape index (κ1) is 75.4. The Morgan fingerprint density at radius 3 is 1.20 bits per heavy atom. The maximum Gasteiger partial charge on any atom is 0.220 e. The van der Waals surface area contributed by atoms with Gasteiger partial charge in [0.15, 0.2) is 6.29 Å². The minimum absolute atomic E-state index is 0.190. The summed E-state index contributed by atoms with van der Waals surface area (Å²) in [5.74, 6) is -0.190. The summed E-state index contributed by atoms with van der Waals surface area (Å²) in [7, 11) is 0. The number of carbonyl (C=O) groups is 1. The van der Waals surface area contributed by atoms with E-state index in [0.717, 1.165) is 70.6 Å². The first-order chi connectivity index (χ1) is 39.3. The number of aliphatic hydroxyl groups excluding tert-OH is 5. The number of hydrogen-bond donors (Lipinski definition) is 6. The van der Waals surface area contributed by atoms with E-state index >= 15 is 0 Å². The van der Waals surface area contributed by atoms with Gasteiger partial charge in [-0.2, -0.15) is 0 Å². The van der Waals surface area contributed by atoms with E-state index in [4.69, 9.17) is 9.47 Å². The normalized spacial score (nSPS) is 19.0. The number of aliphatic hydroxyl groups is 5. The largest absolute Gasteiger partial charge is 0.394 e. The molecule has 6 N–H and O–H groups in total. The van der Waals surface area contributed by atoms with Crippen molar-refractivity contribution in [1.82, 2.24) is 5.32 Å². The van der Waals surface area contributed by atoms with E-state index in [-0.39, 0.29) is 12.5 Å². The van der Waals surface area contributed by atoms with Gasteiger partial charge in [0.25, 0.3) is 0 Å². The van der Waals surface area contributed by atoms with E-state index in [2.05, 4.69) is 92.1 Å². The van der Waals surface area contributed by atoms with E-state index in [9.17, 15) is 30.3 Å². The Hall–Kier alpha value is -2.63. The summed E-state index contributed by atoms with van der Waals surface area (Å²) < 4.78 is 11.3. The number of amides is 1. The van der Waals surface area contributed by atoms with Crippen LogP contribution in [0.3, 0.4) is 0 Å². The zero-order valence-electron chi connectivity index (χ0n) is 51.8. The predicted octanol–water partition coefficient (Wildman–Crippen LogP) is 18.1. The van der Waals surface area contributed by atoms with E-state index in [1.807, 2.05) is 6.08 Å². The maximum atomic E-state index is 13.1. The Bertz CT molecular complexity index is 1540. The van der Waals surface area contributed by atoms with Crippen LogP contribution in [0.5, 0.6) is 0 Å². The molecule has 464 valence electrons. The lowest BCUT2D eigenvalue weighted by molar-refractivity contribution is -0.302. The molecule has 80 heavy (non-hydrogen) atoms. The average Bonchev–Trinajstić information content (AvgIpc) is 3.46. The highest BCUT2D eigenvalue weighted by Crippen LogP contribution is 2.23. The van der Waals surface area contributed by atoms with Crippen molar-refractivity contribution < 1.29 is 39.8 Å². The van der Waals surface area contributed by atoms with Crippen LogP contribution in [0, 0.1) is 0 Å². The van der Waals surface area contributed by atoms with Crippen LogP contribution in [0.1, 0.15) is 303 Å². The van der Waals surface area contributed by atoms with Crippen molar-refractivity contribution in [2.75, 3.05) is 13.2 Å². The predicted molar refractivity (Wildman–Crippen MR) is 341 cm³/mol. The molecule has 0 spiro atoms. The molecular weight excluding hydrogens is 995 g/mol. The van der Waals surface area contributed by atoms with Gasteiger partial charge in [-0.1, -0.05) is 298 Å². The standard InChI is InChI=1S/C71H127NO8/c1-3-5-7-9-11-13-15-17-19-21-23-25-27-29-31-33-35-37-39-41-43-45-47-49-51-53-55-57-59-61-67(75)72-64(63-79-71-70(78)69(77)68(76)66(62-73)80-71)65(74)60-58-56-54-52-50-48-46-44-42-40-38-36-34-32-30-28-26-24-22-20-18-16-14-12-10-8-6-4-2/h5,7,11,13,17,19,23,25,42,44,50,52,58,60,64-66,68-71,73-74,76-78H,3-4,6,8-10,12,14-16,18,20-22,24,26-41,43,45-49,51,53-57,59,61-63H2,1-2H3,(H,72,75)/b7-5-,13-11-,19-17-,25-23-,44-42+,52-50+,60-58+. The highest BCUT2D eigenvalue weighted by atomic mass is 16.7. The molecule has 0 aromatic carbocycles. The van der Waals surface area contributed by atoms with Crippen LogP contribution >= 0.6 is 0 Å². The lowest BCUT2D eigenvalue weighted by atomic mass is 9.99. The third kappa shape index (κ3) is 47.8. The molecule has 1 rings (SSSR count). The van der Waals surface area contributed by atoms with Crippen LogP contribution in [0.4, 0.5) is 0 Å². The molecule has 9 heteroatoms. The Balaban J connectivity index is 2.18. The second kappa shape index (κ2) is 59.5. The average molecular weight is 1120 g/mol. The molecule has 0 saturated carbocycles. The zero-order chi connectivity index (χ0) is 57.9. The van der Waals surface area contributed by atoms with Gasteiger partial charge in [0.1, 0.15) is 24.4 Å². The number of nitrogens with one attached hydrogen (secondary N) is 1. The molecule has 1 amide bonds. The lowest BCUT2D eigenvalue weighted by Gasteiger charge is -2.40. The summed E-state index contributed by atoms with van der Waals surface area (Å²) in [6.07, 6.45) is 78.2. The number of unbranched alkanes of at least 4 members (excludes halogenated alkanes) is 36. The van der Waals surface area contributed by atoms with Crippen molar-refractivity contribution >= 4 is 5.91 Å². The van der Waals surface area contributed by atoms with Gasteiger partial charge in [-0.05, 0) is 83.5 Å². The van der Waals surface area contributed by atoms with Gasteiger partial charge in [-0.3, -0.25) is 4.79 Å². The van der Waals surface area contributed by atoms with Crippen LogP contribution in [-0.4, -0.2) is 87.5 Å².